The van der Waals surface area contributed by atoms with Gasteiger partial charge in [0.2, 0.25) is 0 Å². The summed E-state index contributed by atoms with van der Waals surface area (Å²) in [7, 11) is 0. The molecule has 1 aliphatic rings. The van der Waals surface area contributed by atoms with Gasteiger partial charge in [0.1, 0.15) is 0 Å². The Morgan fingerprint density at radius 3 is 2.50 bits per heavy atom. The molecule has 0 bridgehead atoms. The molecule has 3 nitrogen and oxygen atoms in total. The Hall–Kier alpha value is -0.330. The van der Waals surface area contributed by atoms with Crippen molar-refractivity contribution in [2.75, 3.05) is 26.3 Å². The number of aliphatic hydroxyl groups excluding tert-OH is 1. The van der Waals surface area contributed by atoms with Crippen LogP contribution < -0.4 is 0 Å². The van der Waals surface area contributed by atoms with Crippen LogP contribution in [0.4, 0.5) is 13.2 Å². The fraction of sp³-hybridized carbons (Fsp3) is 1.00. The van der Waals surface area contributed by atoms with Crippen molar-refractivity contribution in [3.05, 3.63) is 0 Å². The molecule has 1 saturated carbocycles. The Morgan fingerprint density at radius 2 is 2.06 bits per heavy atom. The van der Waals surface area contributed by atoms with Gasteiger partial charge >= 0.3 is 6.18 Å². The number of aliphatic hydroxyl groups is 1. The number of hydrogen-bond acceptors (Lipinski definition) is 3. The van der Waals surface area contributed by atoms with Gasteiger partial charge in [-0.15, -0.1) is 0 Å². The lowest BCUT2D eigenvalue weighted by Gasteiger charge is -2.25. The van der Waals surface area contributed by atoms with Gasteiger partial charge in [0.25, 0.3) is 0 Å². The predicted octanol–water partition coefficient (Wildman–Crippen LogP) is 1.41. The molecule has 1 fully saturated rings. The molecule has 0 spiro atoms. The first-order valence-electron chi connectivity index (χ1n) is 5.49. The predicted molar refractivity (Wildman–Crippen MR) is 53.1 cm³/mol. The van der Waals surface area contributed by atoms with Crippen molar-refractivity contribution >= 4 is 0 Å². The maximum atomic E-state index is 12.2. The minimum absolute atomic E-state index is 0.0158. The lowest BCUT2D eigenvalue weighted by atomic mass is 10.3. The molecule has 0 amide bonds. The third-order valence-electron chi connectivity index (χ3n) is 2.41. The van der Waals surface area contributed by atoms with Crippen LogP contribution in [0.1, 0.15) is 19.8 Å². The van der Waals surface area contributed by atoms with Gasteiger partial charge in [-0.05, 0) is 19.8 Å². The summed E-state index contributed by atoms with van der Waals surface area (Å²) >= 11 is 0. The van der Waals surface area contributed by atoms with E-state index in [2.05, 4.69) is 0 Å². The highest BCUT2D eigenvalue weighted by Crippen LogP contribution is 2.30. The van der Waals surface area contributed by atoms with Crippen LogP contribution in [-0.2, 0) is 4.74 Å². The number of alkyl halides is 3. The number of halogens is 3. The first-order valence-corrected chi connectivity index (χ1v) is 5.49. The summed E-state index contributed by atoms with van der Waals surface area (Å²) < 4.78 is 41.7. The quantitative estimate of drug-likeness (QED) is 0.731. The average molecular weight is 241 g/mol. The number of rotatable bonds is 7. The van der Waals surface area contributed by atoms with E-state index in [0.717, 1.165) is 12.8 Å². The maximum absolute atomic E-state index is 12.2. The molecule has 0 aliphatic heterocycles. The van der Waals surface area contributed by atoms with Gasteiger partial charge in [0, 0.05) is 19.2 Å². The summed E-state index contributed by atoms with van der Waals surface area (Å²) in [6.45, 7) is 1.42. The Kier molecular flexibility index (Phi) is 5.01. The van der Waals surface area contributed by atoms with Crippen molar-refractivity contribution in [3.63, 3.8) is 0 Å². The molecular formula is C10H18F3NO2. The summed E-state index contributed by atoms with van der Waals surface area (Å²) in [5.74, 6) is 0. The van der Waals surface area contributed by atoms with Crippen molar-refractivity contribution < 1.29 is 23.0 Å². The van der Waals surface area contributed by atoms with E-state index < -0.39 is 18.8 Å². The van der Waals surface area contributed by atoms with E-state index in [0.29, 0.717) is 6.61 Å². The molecule has 0 aromatic heterocycles. The number of hydrogen-bond donors (Lipinski definition) is 1. The van der Waals surface area contributed by atoms with Crippen LogP contribution in [0, 0.1) is 0 Å². The summed E-state index contributed by atoms with van der Waals surface area (Å²) in [5, 5.41) is 9.49. The lowest BCUT2D eigenvalue weighted by Crippen LogP contribution is -2.42. The van der Waals surface area contributed by atoms with E-state index in [-0.39, 0.29) is 19.2 Å². The van der Waals surface area contributed by atoms with Crippen molar-refractivity contribution in [3.8, 4) is 0 Å². The van der Waals surface area contributed by atoms with Crippen LogP contribution in [0.15, 0.2) is 0 Å². The highest BCUT2D eigenvalue weighted by molar-refractivity contribution is 4.86. The smallest absolute Gasteiger partial charge is 0.389 e. The first-order chi connectivity index (χ1) is 7.42. The molecule has 0 aromatic rings. The van der Waals surface area contributed by atoms with Crippen molar-refractivity contribution in [2.24, 2.45) is 0 Å². The fourth-order valence-corrected chi connectivity index (χ4v) is 1.59. The van der Waals surface area contributed by atoms with E-state index in [1.165, 1.54) is 4.90 Å². The molecule has 1 N–H and O–H groups in total. The van der Waals surface area contributed by atoms with Crippen LogP contribution in [-0.4, -0.2) is 54.6 Å². The van der Waals surface area contributed by atoms with Gasteiger partial charge in [-0.2, -0.15) is 13.2 Å². The molecule has 0 heterocycles. The van der Waals surface area contributed by atoms with Crippen LogP contribution in [0.25, 0.3) is 0 Å². The lowest BCUT2D eigenvalue weighted by molar-refractivity contribution is -0.150. The van der Waals surface area contributed by atoms with E-state index in [9.17, 15) is 18.3 Å². The molecule has 0 aromatic carbocycles. The average Bonchev–Trinajstić information content (AvgIpc) is 2.94. The molecule has 16 heavy (non-hydrogen) atoms. The van der Waals surface area contributed by atoms with Gasteiger partial charge in [0.15, 0.2) is 0 Å². The topological polar surface area (TPSA) is 32.7 Å². The van der Waals surface area contributed by atoms with Gasteiger partial charge in [-0.3, -0.25) is 4.90 Å². The number of nitrogens with zero attached hydrogens (tertiary/aromatic N) is 1. The Labute approximate surface area is 93.2 Å². The van der Waals surface area contributed by atoms with E-state index in [4.69, 9.17) is 4.74 Å². The summed E-state index contributed by atoms with van der Waals surface area (Å²) in [4.78, 5) is 1.30. The van der Waals surface area contributed by atoms with Crippen LogP contribution in [0.3, 0.4) is 0 Å². The van der Waals surface area contributed by atoms with E-state index in [1.54, 1.807) is 6.92 Å². The van der Waals surface area contributed by atoms with Crippen molar-refractivity contribution in [2.45, 2.75) is 38.1 Å². The Balaban J connectivity index is 2.33. The van der Waals surface area contributed by atoms with Crippen molar-refractivity contribution in [1.82, 2.24) is 4.90 Å². The highest BCUT2D eigenvalue weighted by Gasteiger charge is 2.38. The zero-order chi connectivity index (χ0) is 12.2. The summed E-state index contributed by atoms with van der Waals surface area (Å²) in [6.07, 6.45) is -3.47. The molecule has 96 valence electrons. The van der Waals surface area contributed by atoms with Crippen LogP contribution in [0.2, 0.25) is 0 Å². The molecule has 0 radical (unpaired) electrons. The Bertz CT molecular complexity index is 207. The van der Waals surface area contributed by atoms with Gasteiger partial charge in [-0.1, -0.05) is 0 Å². The SMILES string of the molecule is CCOCC(O)CN(CC(F)(F)F)C1CC1. The Morgan fingerprint density at radius 1 is 1.44 bits per heavy atom. The van der Waals surface area contributed by atoms with E-state index in [1.807, 2.05) is 0 Å². The molecule has 6 heteroatoms. The molecule has 1 atom stereocenters. The minimum Gasteiger partial charge on any atom is -0.389 e. The first kappa shape index (κ1) is 13.7. The minimum atomic E-state index is -4.20. The molecular weight excluding hydrogens is 223 g/mol. The monoisotopic (exact) mass is 241 g/mol. The fourth-order valence-electron chi connectivity index (χ4n) is 1.59. The van der Waals surface area contributed by atoms with Crippen LogP contribution in [0.5, 0.6) is 0 Å². The normalized spacial score (nSPS) is 19.1. The second kappa shape index (κ2) is 5.84. The van der Waals surface area contributed by atoms with Crippen molar-refractivity contribution in [1.29, 1.82) is 0 Å². The zero-order valence-electron chi connectivity index (χ0n) is 9.33. The molecule has 0 saturated heterocycles. The highest BCUT2D eigenvalue weighted by atomic mass is 19.4. The van der Waals surface area contributed by atoms with Gasteiger partial charge in [0.05, 0.1) is 19.3 Å². The molecule has 1 unspecified atom stereocenters. The zero-order valence-corrected chi connectivity index (χ0v) is 9.33. The standard InChI is InChI=1S/C10H18F3NO2/c1-2-16-6-9(15)5-14(8-3-4-8)7-10(11,12)13/h8-9,15H,2-7H2,1H3. The van der Waals surface area contributed by atoms with E-state index >= 15 is 0 Å². The second-order valence-corrected chi connectivity index (χ2v) is 4.09. The van der Waals surface area contributed by atoms with Gasteiger partial charge in [-0.25, -0.2) is 0 Å². The second-order valence-electron chi connectivity index (χ2n) is 4.09. The third-order valence-corrected chi connectivity index (χ3v) is 2.41. The van der Waals surface area contributed by atoms with Crippen LogP contribution >= 0.6 is 0 Å². The van der Waals surface area contributed by atoms with Gasteiger partial charge < -0.3 is 9.84 Å². The summed E-state index contributed by atoms with van der Waals surface area (Å²) in [5.41, 5.74) is 0. The third kappa shape index (κ3) is 5.67. The summed E-state index contributed by atoms with van der Waals surface area (Å²) in [6, 6.07) is -0.0158. The maximum Gasteiger partial charge on any atom is 0.401 e. The molecule has 1 aliphatic carbocycles. The largest absolute Gasteiger partial charge is 0.401 e. The molecule has 1 rings (SSSR count). The number of ether oxygens (including phenoxy) is 1.